The third-order valence-electron chi connectivity index (χ3n) is 5.01. The van der Waals surface area contributed by atoms with E-state index in [1.807, 2.05) is 36.4 Å². The van der Waals surface area contributed by atoms with E-state index < -0.39 is 17.6 Å². The van der Waals surface area contributed by atoms with Crippen LogP contribution in [0.4, 0.5) is 10.5 Å². The zero-order valence-corrected chi connectivity index (χ0v) is 16.6. The topological polar surface area (TPSA) is 67.9 Å². The lowest BCUT2D eigenvalue weighted by atomic mass is 9.95. The standard InChI is InChI=1S/C24H22N2O4/c1-24(22(27)26(23(28)30-24)25-20-10-6-3-7-11-20)19-12-14-21(15-13-19)29-17-16-18-8-4-2-5-9-18/h2-15,25H,16-17H2,1H3. The summed E-state index contributed by atoms with van der Waals surface area (Å²) >= 11 is 0. The molecule has 1 aliphatic heterocycles. The van der Waals surface area contributed by atoms with Gasteiger partial charge in [0.2, 0.25) is 5.60 Å². The van der Waals surface area contributed by atoms with E-state index in [1.54, 1.807) is 43.3 Å². The van der Waals surface area contributed by atoms with Crippen LogP contribution >= 0.6 is 0 Å². The Balaban J connectivity index is 1.41. The molecule has 0 spiro atoms. The van der Waals surface area contributed by atoms with Crippen molar-refractivity contribution in [3.05, 3.63) is 96.1 Å². The van der Waals surface area contributed by atoms with Crippen molar-refractivity contribution in [2.75, 3.05) is 12.0 Å². The molecule has 1 saturated heterocycles. The van der Waals surface area contributed by atoms with Gasteiger partial charge in [0, 0.05) is 12.0 Å². The van der Waals surface area contributed by atoms with Crippen molar-refractivity contribution in [1.82, 2.24) is 5.01 Å². The third kappa shape index (κ3) is 3.98. The predicted octanol–water partition coefficient (Wildman–Crippen LogP) is 4.53. The summed E-state index contributed by atoms with van der Waals surface area (Å²) in [7, 11) is 0. The summed E-state index contributed by atoms with van der Waals surface area (Å²) in [6.07, 6.45) is 0.0609. The Kier molecular flexibility index (Phi) is 5.39. The highest BCUT2D eigenvalue weighted by Crippen LogP contribution is 2.35. The van der Waals surface area contributed by atoms with Crippen molar-refractivity contribution in [2.45, 2.75) is 18.9 Å². The number of hydrogen-bond acceptors (Lipinski definition) is 5. The number of ether oxygens (including phenoxy) is 2. The van der Waals surface area contributed by atoms with Crippen molar-refractivity contribution in [3.8, 4) is 5.75 Å². The second-order valence-electron chi connectivity index (χ2n) is 7.13. The number of imide groups is 1. The van der Waals surface area contributed by atoms with Gasteiger partial charge in [-0.05, 0) is 36.8 Å². The Morgan fingerprint density at radius 3 is 2.20 bits per heavy atom. The molecule has 1 heterocycles. The molecule has 30 heavy (non-hydrogen) atoms. The maximum Gasteiger partial charge on any atom is 0.437 e. The second-order valence-corrected chi connectivity index (χ2v) is 7.13. The fourth-order valence-corrected chi connectivity index (χ4v) is 3.28. The Bertz CT molecular complexity index is 1020. The fraction of sp³-hybridized carbons (Fsp3) is 0.167. The number of hydrazine groups is 1. The third-order valence-corrected chi connectivity index (χ3v) is 5.01. The van der Waals surface area contributed by atoms with E-state index in [4.69, 9.17) is 9.47 Å². The Morgan fingerprint density at radius 2 is 1.53 bits per heavy atom. The number of nitrogens with one attached hydrogen (secondary N) is 1. The summed E-state index contributed by atoms with van der Waals surface area (Å²) in [5, 5.41) is 0.902. The minimum Gasteiger partial charge on any atom is -0.493 e. The molecular weight excluding hydrogens is 380 g/mol. The zero-order valence-electron chi connectivity index (χ0n) is 16.6. The molecule has 1 atom stereocenters. The van der Waals surface area contributed by atoms with Crippen LogP contribution in [0.2, 0.25) is 0 Å². The molecule has 6 heteroatoms. The van der Waals surface area contributed by atoms with Gasteiger partial charge in [-0.3, -0.25) is 10.2 Å². The zero-order chi connectivity index (χ0) is 21.0. The molecule has 1 N–H and O–H groups in total. The number of hydrogen-bond donors (Lipinski definition) is 1. The summed E-state index contributed by atoms with van der Waals surface area (Å²) in [6, 6.07) is 26.1. The lowest BCUT2D eigenvalue weighted by Crippen LogP contribution is -2.40. The maximum atomic E-state index is 12.9. The normalized spacial score (nSPS) is 18.2. The fourth-order valence-electron chi connectivity index (χ4n) is 3.28. The number of amides is 2. The quantitative estimate of drug-likeness (QED) is 0.629. The highest BCUT2D eigenvalue weighted by atomic mass is 16.6. The number of nitrogens with zero attached hydrogens (tertiary/aromatic N) is 1. The molecule has 1 unspecified atom stereocenters. The SMILES string of the molecule is CC1(c2ccc(OCCc3ccccc3)cc2)OC(=O)N(Nc2ccccc2)C1=O. The van der Waals surface area contributed by atoms with Gasteiger partial charge < -0.3 is 9.47 Å². The van der Waals surface area contributed by atoms with Crippen LogP contribution in [0.5, 0.6) is 5.75 Å². The number of benzene rings is 3. The van der Waals surface area contributed by atoms with Crippen LogP contribution in [-0.2, 0) is 21.6 Å². The molecule has 152 valence electrons. The molecule has 6 nitrogen and oxygen atoms in total. The van der Waals surface area contributed by atoms with Crippen LogP contribution in [-0.4, -0.2) is 23.6 Å². The summed E-state index contributed by atoms with van der Waals surface area (Å²) in [6.45, 7) is 2.13. The minimum absolute atomic E-state index is 0.478. The first-order valence-electron chi connectivity index (χ1n) is 9.73. The van der Waals surface area contributed by atoms with E-state index in [0.717, 1.165) is 11.4 Å². The van der Waals surface area contributed by atoms with E-state index in [1.165, 1.54) is 5.56 Å². The van der Waals surface area contributed by atoms with Crippen LogP contribution < -0.4 is 10.2 Å². The van der Waals surface area contributed by atoms with Gasteiger partial charge in [-0.2, -0.15) is 0 Å². The number of carbonyl (C=O) groups is 2. The highest BCUT2D eigenvalue weighted by molar-refractivity contribution is 6.04. The summed E-state index contributed by atoms with van der Waals surface area (Å²) in [5.41, 5.74) is 3.81. The van der Waals surface area contributed by atoms with Gasteiger partial charge in [0.05, 0.1) is 12.3 Å². The van der Waals surface area contributed by atoms with Crippen molar-refractivity contribution < 1.29 is 19.1 Å². The van der Waals surface area contributed by atoms with E-state index in [9.17, 15) is 9.59 Å². The largest absolute Gasteiger partial charge is 0.493 e. The van der Waals surface area contributed by atoms with Crippen molar-refractivity contribution >= 4 is 17.7 Å². The summed E-state index contributed by atoms with van der Waals surface area (Å²) < 4.78 is 11.2. The van der Waals surface area contributed by atoms with Crippen molar-refractivity contribution in [1.29, 1.82) is 0 Å². The number of rotatable bonds is 7. The number of carbonyl (C=O) groups excluding carboxylic acids is 2. The first kappa shape index (κ1) is 19.5. The molecule has 2 amide bonds. The van der Waals surface area contributed by atoms with Gasteiger partial charge >= 0.3 is 6.09 Å². The van der Waals surface area contributed by atoms with Crippen molar-refractivity contribution in [3.63, 3.8) is 0 Å². The van der Waals surface area contributed by atoms with Crippen LogP contribution in [0.15, 0.2) is 84.9 Å². The number of anilines is 1. The van der Waals surface area contributed by atoms with E-state index in [2.05, 4.69) is 17.6 Å². The monoisotopic (exact) mass is 402 g/mol. The van der Waals surface area contributed by atoms with Crippen LogP contribution in [0.1, 0.15) is 18.1 Å². The van der Waals surface area contributed by atoms with Gasteiger partial charge in [-0.1, -0.05) is 60.7 Å². The number of para-hydroxylation sites is 1. The van der Waals surface area contributed by atoms with Gasteiger partial charge in [0.15, 0.2) is 0 Å². The minimum atomic E-state index is -1.40. The smallest absolute Gasteiger partial charge is 0.437 e. The van der Waals surface area contributed by atoms with Gasteiger partial charge in [-0.15, -0.1) is 5.01 Å². The van der Waals surface area contributed by atoms with E-state index in [-0.39, 0.29) is 0 Å². The second kappa shape index (κ2) is 8.29. The van der Waals surface area contributed by atoms with E-state index >= 15 is 0 Å². The first-order chi connectivity index (χ1) is 14.6. The molecule has 3 aromatic carbocycles. The molecule has 4 rings (SSSR count). The summed E-state index contributed by atoms with van der Waals surface area (Å²) in [4.78, 5) is 25.3. The average molecular weight is 402 g/mol. The maximum absolute atomic E-state index is 12.9. The average Bonchev–Trinajstić information content (AvgIpc) is 2.99. The molecule has 0 aliphatic carbocycles. The molecule has 0 saturated carbocycles. The highest BCUT2D eigenvalue weighted by Gasteiger charge is 2.52. The lowest BCUT2D eigenvalue weighted by Gasteiger charge is -2.21. The van der Waals surface area contributed by atoms with Crippen LogP contribution in [0.3, 0.4) is 0 Å². The van der Waals surface area contributed by atoms with Crippen LogP contribution in [0, 0.1) is 0 Å². The van der Waals surface area contributed by atoms with Crippen LogP contribution in [0.25, 0.3) is 0 Å². The first-order valence-corrected chi connectivity index (χ1v) is 9.73. The number of cyclic esters (lactones) is 1. The molecule has 1 aliphatic rings. The Labute approximate surface area is 175 Å². The van der Waals surface area contributed by atoms with E-state index in [0.29, 0.717) is 23.6 Å². The van der Waals surface area contributed by atoms with Gasteiger partial charge in [0.1, 0.15) is 5.75 Å². The lowest BCUT2D eigenvalue weighted by molar-refractivity contribution is -0.135. The van der Waals surface area contributed by atoms with Crippen molar-refractivity contribution in [2.24, 2.45) is 0 Å². The predicted molar refractivity (Wildman–Crippen MR) is 113 cm³/mol. The molecule has 3 aromatic rings. The molecular formula is C24H22N2O4. The van der Waals surface area contributed by atoms with Gasteiger partial charge in [-0.25, -0.2) is 4.79 Å². The molecule has 1 fully saturated rings. The Hall–Kier alpha value is -3.80. The molecule has 0 aromatic heterocycles. The molecule has 0 bridgehead atoms. The summed E-state index contributed by atoms with van der Waals surface area (Å²) in [5.74, 6) is 0.211. The van der Waals surface area contributed by atoms with Gasteiger partial charge in [0.25, 0.3) is 5.91 Å². The molecule has 0 radical (unpaired) electrons. The Morgan fingerprint density at radius 1 is 0.900 bits per heavy atom.